The lowest BCUT2D eigenvalue weighted by Gasteiger charge is -2.25. The molecule has 1 aliphatic heterocycles. The third-order valence-corrected chi connectivity index (χ3v) is 3.65. The molecule has 0 spiro atoms. The third-order valence-electron chi connectivity index (χ3n) is 3.13. The molecule has 1 rings (SSSR count). The molecule has 5 heteroatoms. The molecule has 0 radical (unpaired) electrons. The van der Waals surface area contributed by atoms with Crippen molar-refractivity contribution in [3.05, 3.63) is 0 Å². The fourth-order valence-electron chi connectivity index (χ4n) is 2.30. The number of carbonyl (C=O) groups is 2. The number of rotatable bonds is 6. The number of amides is 1. The van der Waals surface area contributed by atoms with Crippen LogP contribution in [-0.2, 0) is 9.59 Å². The Morgan fingerprint density at radius 3 is 2.71 bits per heavy atom. The fourth-order valence-corrected chi connectivity index (χ4v) is 2.53. The first-order chi connectivity index (χ1) is 8.01. The summed E-state index contributed by atoms with van der Waals surface area (Å²) in [5.74, 6) is -0.803. The van der Waals surface area contributed by atoms with Gasteiger partial charge in [-0.2, -0.15) is 0 Å². The van der Waals surface area contributed by atoms with Crippen LogP contribution in [0.25, 0.3) is 0 Å². The minimum atomic E-state index is -1.01. The highest BCUT2D eigenvalue weighted by molar-refractivity contribution is 7.80. The second kappa shape index (κ2) is 6.10. The maximum absolute atomic E-state index is 11.8. The van der Waals surface area contributed by atoms with Gasteiger partial charge in [-0.1, -0.05) is 32.5 Å². The van der Waals surface area contributed by atoms with Crippen molar-refractivity contribution in [2.24, 2.45) is 5.92 Å². The number of aliphatic carboxylic acids is 1. The zero-order valence-electron chi connectivity index (χ0n) is 10.3. The highest BCUT2D eigenvalue weighted by Gasteiger charge is 2.38. The molecule has 0 bridgehead atoms. The fraction of sp³-hybridized carbons (Fsp3) is 0.750. The van der Waals surface area contributed by atoms with Crippen molar-refractivity contribution in [2.45, 2.75) is 45.6 Å². The largest absolute Gasteiger partial charge is 0.479 e. The molecular formula is C12H19NO3S. The van der Waals surface area contributed by atoms with Crippen molar-refractivity contribution in [1.82, 2.24) is 4.90 Å². The van der Waals surface area contributed by atoms with Gasteiger partial charge in [-0.25, -0.2) is 4.79 Å². The number of carboxylic acid groups (broad SMARTS) is 1. The first-order valence-electron chi connectivity index (χ1n) is 6.06. The van der Waals surface area contributed by atoms with Crippen LogP contribution in [0.3, 0.4) is 0 Å². The number of likely N-dealkylation sites (tertiary alicyclic amines) is 1. The van der Waals surface area contributed by atoms with Crippen LogP contribution in [0.4, 0.5) is 0 Å². The monoisotopic (exact) mass is 257 g/mol. The van der Waals surface area contributed by atoms with Gasteiger partial charge in [0, 0.05) is 17.8 Å². The quantitative estimate of drug-likeness (QED) is 0.738. The van der Waals surface area contributed by atoms with E-state index in [2.05, 4.69) is 6.92 Å². The Morgan fingerprint density at radius 2 is 2.24 bits per heavy atom. The van der Waals surface area contributed by atoms with Gasteiger partial charge in [0.25, 0.3) is 0 Å². The van der Waals surface area contributed by atoms with E-state index in [0.29, 0.717) is 24.3 Å². The Hall–Kier alpha value is -0.970. The predicted octanol–water partition coefficient (Wildman–Crippen LogP) is 1.87. The van der Waals surface area contributed by atoms with E-state index in [4.69, 9.17) is 12.2 Å². The van der Waals surface area contributed by atoms with Crippen molar-refractivity contribution in [3.8, 4) is 0 Å². The van der Waals surface area contributed by atoms with Gasteiger partial charge in [0.1, 0.15) is 0 Å². The van der Waals surface area contributed by atoms with Gasteiger partial charge in [0.15, 0.2) is 6.04 Å². The number of nitrogens with zero attached hydrogens (tertiary/aromatic N) is 1. The summed E-state index contributed by atoms with van der Waals surface area (Å²) in [6, 6.07) is -0.913. The summed E-state index contributed by atoms with van der Waals surface area (Å²) in [5.41, 5.74) is 0. The average molecular weight is 257 g/mol. The van der Waals surface area contributed by atoms with Crippen LogP contribution in [0, 0.1) is 5.92 Å². The molecule has 0 saturated carbocycles. The van der Waals surface area contributed by atoms with Crippen molar-refractivity contribution in [2.75, 3.05) is 6.54 Å². The van der Waals surface area contributed by atoms with Crippen LogP contribution in [0.2, 0.25) is 0 Å². The van der Waals surface area contributed by atoms with E-state index in [9.17, 15) is 14.7 Å². The van der Waals surface area contributed by atoms with Crippen LogP contribution in [0.15, 0.2) is 0 Å². The van der Waals surface area contributed by atoms with E-state index in [0.717, 1.165) is 12.8 Å². The predicted molar refractivity (Wildman–Crippen MR) is 69.0 cm³/mol. The molecule has 1 heterocycles. The van der Waals surface area contributed by atoms with Crippen LogP contribution < -0.4 is 0 Å². The standard InChI is InChI=1S/C12H19NO3S/c1-3-5-8-6-10(14)13(7-8)11(12(15)16)9(17)4-2/h8,11H,3-7H2,1-2H3,(H,15,16)/t8-,11+/m1/s1. The van der Waals surface area contributed by atoms with E-state index in [1.807, 2.05) is 6.92 Å². The second-order valence-corrected chi connectivity index (χ2v) is 4.99. The number of hydrogen-bond donors (Lipinski definition) is 1. The van der Waals surface area contributed by atoms with Gasteiger partial charge < -0.3 is 10.0 Å². The SMILES string of the molecule is CCC[C@@H]1CC(=O)N([C@H](C(=O)O)C(=S)CC)C1. The first kappa shape index (κ1) is 14.1. The van der Waals surface area contributed by atoms with Gasteiger partial charge in [0.2, 0.25) is 5.91 Å². The van der Waals surface area contributed by atoms with Crippen molar-refractivity contribution < 1.29 is 14.7 Å². The Labute approximate surface area is 107 Å². The number of thiocarbonyl (C=S) groups is 1. The van der Waals surface area contributed by atoms with Gasteiger partial charge in [0.05, 0.1) is 0 Å². The van der Waals surface area contributed by atoms with Crippen molar-refractivity contribution in [1.29, 1.82) is 0 Å². The van der Waals surface area contributed by atoms with Gasteiger partial charge in [-0.15, -0.1) is 0 Å². The molecule has 2 atom stereocenters. The molecule has 96 valence electrons. The minimum absolute atomic E-state index is 0.0772. The number of carboxylic acids is 1. The van der Waals surface area contributed by atoms with Crippen LogP contribution in [0.5, 0.6) is 0 Å². The number of carbonyl (C=O) groups excluding carboxylic acids is 1. The molecule has 0 aromatic carbocycles. The van der Waals surface area contributed by atoms with Crippen LogP contribution in [0.1, 0.15) is 39.5 Å². The molecular weight excluding hydrogens is 238 g/mol. The zero-order chi connectivity index (χ0) is 13.0. The molecule has 1 amide bonds. The third kappa shape index (κ3) is 3.25. The Kier molecular flexibility index (Phi) is 5.05. The van der Waals surface area contributed by atoms with Gasteiger partial charge in [-0.05, 0) is 18.8 Å². The highest BCUT2D eigenvalue weighted by atomic mass is 32.1. The van der Waals surface area contributed by atoms with Crippen molar-refractivity contribution in [3.63, 3.8) is 0 Å². The maximum atomic E-state index is 11.8. The summed E-state index contributed by atoms with van der Waals surface area (Å²) in [5, 5.41) is 9.19. The summed E-state index contributed by atoms with van der Waals surface area (Å²) in [6.07, 6.45) is 2.95. The van der Waals surface area contributed by atoms with E-state index >= 15 is 0 Å². The normalized spacial score (nSPS) is 21.6. The number of hydrogen-bond acceptors (Lipinski definition) is 3. The van der Waals surface area contributed by atoms with Gasteiger partial charge >= 0.3 is 5.97 Å². The Morgan fingerprint density at radius 1 is 1.59 bits per heavy atom. The molecule has 1 saturated heterocycles. The lowest BCUT2D eigenvalue weighted by Crippen LogP contribution is -2.46. The van der Waals surface area contributed by atoms with E-state index in [-0.39, 0.29) is 11.8 Å². The summed E-state index contributed by atoms with van der Waals surface area (Å²) < 4.78 is 0. The molecule has 0 aromatic heterocycles. The molecule has 0 aliphatic carbocycles. The molecule has 0 aromatic rings. The molecule has 1 fully saturated rings. The van der Waals surface area contributed by atoms with Crippen LogP contribution in [-0.4, -0.2) is 39.3 Å². The summed E-state index contributed by atoms with van der Waals surface area (Å²) in [6.45, 7) is 4.42. The summed E-state index contributed by atoms with van der Waals surface area (Å²) in [7, 11) is 0. The van der Waals surface area contributed by atoms with Crippen LogP contribution >= 0.6 is 12.2 Å². The zero-order valence-corrected chi connectivity index (χ0v) is 11.1. The molecule has 1 aliphatic rings. The van der Waals surface area contributed by atoms with Crippen molar-refractivity contribution >= 4 is 29.0 Å². The average Bonchev–Trinajstić information content (AvgIpc) is 2.60. The van der Waals surface area contributed by atoms with E-state index in [1.165, 1.54) is 4.90 Å². The second-order valence-electron chi connectivity index (χ2n) is 4.47. The van der Waals surface area contributed by atoms with Gasteiger partial charge in [-0.3, -0.25) is 4.79 Å². The summed E-state index contributed by atoms with van der Waals surface area (Å²) in [4.78, 5) is 24.9. The smallest absolute Gasteiger partial charge is 0.331 e. The molecule has 17 heavy (non-hydrogen) atoms. The summed E-state index contributed by atoms with van der Waals surface area (Å²) >= 11 is 5.07. The molecule has 0 unspecified atom stereocenters. The molecule has 4 nitrogen and oxygen atoms in total. The lowest BCUT2D eigenvalue weighted by molar-refractivity contribution is -0.145. The minimum Gasteiger partial charge on any atom is -0.479 e. The van der Waals surface area contributed by atoms with E-state index < -0.39 is 12.0 Å². The Bertz CT molecular complexity index is 330. The first-order valence-corrected chi connectivity index (χ1v) is 6.47. The maximum Gasteiger partial charge on any atom is 0.331 e. The Balaban J connectivity index is 2.79. The lowest BCUT2D eigenvalue weighted by atomic mass is 10.0. The highest BCUT2D eigenvalue weighted by Crippen LogP contribution is 2.25. The molecule has 1 N–H and O–H groups in total. The topological polar surface area (TPSA) is 57.6 Å². The van der Waals surface area contributed by atoms with E-state index in [1.54, 1.807) is 0 Å².